The van der Waals surface area contributed by atoms with E-state index in [1.807, 2.05) is 24.3 Å². The third-order valence-corrected chi connectivity index (χ3v) is 5.93. The Balaban J connectivity index is 1.25. The molecule has 3 aromatic rings. The topological polar surface area (TPSA) is 94.6 Å². The molecule has 0 saturated carbocycles. The quantitative estimate of drug-likeness (QED) is 0.576. The van der Waals surface area contributed by atoms with Crippen LogP contribution in [0.15, 0.2) is 66.9 Å². The highest BCUT2D eigenvalue weighted by atomic mass is 16.6. The Morgan fingerprint density at radius 1 is 0.939 bits per heavy atom. The summed E-state index contributed by atoms with van der Waals surface area (Å²) >= 11 is 0. The molecule has 170 valence electrons. The van der Waals surface area contributed by atoms with Crippen LogP contribution in [0.1, 0.15) is 0 Å². The average molecular weight is 447 g/mol. The number of nitrogens with zero attached hydrogens (tertiary/aromatic N) is 2. The van der Waals surface area contributed by atoms with Gasteiger partial charge in [0.2, 0.25) is 11.9 Å². The van der Waals surface area contributed by atoms with Crippen molar-refractivity contribution in [3.05, 3.63) is 66.9 Å². The van der Waals surface area contributed by atoms with E-state index < -0.39 is 0 Å². The maximum absolute atomic E-state index is 11.9. The zero-order valence-electron chi connectivity index (χ0n) is 18.3. The minimum absolute atomic E-state index is 0.0164. The number of anilines is 1. The van der Waals surface area contributed by atoms with Gasteiger partial charge < -0.3 is 24.8 Å². The average Bonchev–Trinajstić information content (AvgIpc) is 3.43. The Labute approximate surface area is 192 Å². The van der Waals surface area contributed by atoms with Crippen LogP contribution in [0.3, 0.4) is 0 Å². The summed E-state index contributed by atoms with van der Waals surface area (Å²) in [6, 6.07) is 20.2. The van der Waals surface area contributed by atoms with Crippen molar-refractivity contribution >= 4 is 11.9 Å². The molecular weight excluding hydrogens is 420 g/mol. The summed E-state index contributed by atoms with van der Waals surface area (Å²) in [5, 5.41) is 6.26. The van der Waals surface area contributed by atoms with Gasteiger partial charge in [0.15, 0.2) is 0 Å². The van der Waals surface area contributed by atoms with Crippen LogP contribution in [0.5, 0.6) is 0 Å². The van der Waals surface area contributed by atoms with Crippen LogP contribution in [-0.4, -0.2) is 67.1 Å². The number of carbonyl (C=O) groups is 1. The number of hydrogen-bond acceptors (Lipinski definition) is 7. The van der Waals surface area contributed by atoms with E-state index in [2.05, 4.69) is 52.0 Å². The van der Waals surface area contributed by atoms with E-state index in [-0.39, 0.29) is 36.8 Å². The molecule has 4 atom stereocenters. The molecule has 0 radical (unpaired) electrons. The molecule has 0 unspecified atom stereocenters. The van der Waals surface area contributed by atoms with E-state index in [9.17, 15) is 4.79 Å². The molecule has 0 bridgehead atoms. The maximum atomic E-state index is 11.9. The third kappa shape index (κ3) is 4.73. The molecule has 5 rings (SSSR count). The number of carbonyl (C=O) groups excluding carboxylic acids is 1. The second-order valence-electron chi connectivity index (χ2n) is 8.16. The Bertz CT molecular complexity index is 1090. The van der Waals surface area contributed by atoms with Gasteiger partial charge in [-0.2, -0.15) is 0 Å². The summed E-state index contributed by atoms with van der Waals surface area (Å²) in [5.74, 6) is 0.338. The van der Waals surface area contributed by atoms with Crippen LogP contribution in [-0.2, 0) is 19.0 Å². The summed E-state index contributed by atoms with van der Waals surface area (Å²) in [4.78, 5) is 20.9. The maximum Gasteiger partial charge on any atom is 0.246 e. The number of aromatic nitrogens is 2. The van der Waals surface area contributed by atoms with Gasteiger partial charge in [-0.3, -0.25) is 4.79 Å². The van der Waals surface area contributed by atoms with Gasteiger partial charge in [0.1, 0.15) is 18.8 Å². The Morgan fingerprint density at radius 3 is 2.36 bits per heavy atom. The number of nitrogens with one attached hydrogen (secondary N) is 2. The molecule has 8 heteroatoms. The van der Waals surface area contributed by atoms with Gasteiger partial charge in [-0.25, -0.2) is 9.97 Å². The van der Waals surface area contributed by atoms with Gasteiger partial charge >= 0.3 is 0 Å². The molecule has 2 aliphatic rings. The van der Waals surface area contributed by atoms with Crippen molar-refractivity contribution in [2.24, 2.45) is 0 Å². The monoisotopic (exact) mass is 446 g/mol. The predicted molar refractivity (Wildman–Crippen MR) is 124 cm³/mol. The number of fused-ring (bicyclic) bond motifs is 1. The molecule has 2 fully saturated rings. The smallest absolute Gasteiger partial charge is 0.246 e. The van der Waals surface area contributed by atoms with E-state index in [1.165, 1.54) is 12.7 Å². The molecular formula is C25H26N4O4. The van der Waals surface area contributed by atoms with Crippen LogP contribution < -0.4 is 10.6 Å². The summed E-state index contributed by atoms with van der Waals surface area (Å²) in [5.41, 5.74) is 4.18. The predicted octanol–water partition coefficient (Wildman–Crippen LogP) is 2.52. The SMILES string of the molecule is COCC(=O)N[C@H]1CO[C@H]2[C@@H]1OC[C@@H]2Nc1nccc(-c2ccc(-c3ccccc3)cc2)n1. The highest BCUT2D eigenvalue weighted by Gasteiger charge is 2.48. The highest BCUT2D eigenvalue weighted by molar-refractivity contribution is 5.77. The molecule has 2 saturated heterocycles. The lowest BCUT2D eigenvalue weighted by Crippen LogP contribution is -2.45. The van der Waals surface area contributed by atoms with Crippen LogP contribution in [0.4, 0.5) is 5.95 Å². The number of methoxy groups -OCH3 is 1. The Hall–Kier alpha value is -3.33. The first kappa shape index (κ1) is 21.5. The molecule has 1 aromatic heterocycles. The van der Waals surface area contributed by atoms with E-state index in [4.69, 9.17) is 19.2 Å². The van der Waals surface area contributed by atoms with Crippen molar-refractivity contribution in [1.29, 1.82) is 0 Å². The lowest BCUT2D eigenvalue weighted by Gasteiger charge is -2.18. The standard InChI is InChI=1S/C25H26N4O4/c1-31-15-22(30)27-20-13-32-24-21(14-33-23(20)24)29-25-26-12-11-19(28-25)18-9-7-17(8-10-18)16-5-3-2-4-6-16/h2-12,20-21,23-24H,13-15H2,1H3,(H,27,30)(H,26,28,29)/t20-,21-,23+,24+/m0/s1. The van der Waals surface area contributed by atoms with Crippen LogP contribution >= 0.6 is 0 Å². The summed E-state index contributed by atoms with van der Waals surface area (Å²) in [6.07, 6.45) is 1.35. The summed E-state index contributed by atoms with van der Waals surface area (Å²) in [6.45, 7) is 0.867. The molecule has 33 heavy (non-hydrogen) atoms. The fraction of sp³-hybridized carbons (Fsp3) is 0.320. The van der Waals surface area contributed by atoms with Gasteiger partial charge in [-0.05, 0) is 17.2 Å². The van der Waals surface area contributed by atoms with Crippen LogP contribution in [0.2, 0.25) is 0 Å². The van der Waals surface area contributed by atoms with Gasteiger partial charge in [-0.15, -0.1) is 0 Å². The molecule has 0 spiro atoms. The third-order valence-electron chi connectivity index (χ3n) is 5.93. The highest BCUT2D eigenvalue weighted by Crippen LogP contribution is 2.29. The molecule has 8 nitrogen and oxygen atoms in total. The van der Waals surface area contributed by atoms with Crippen LogP contribution in [0.25, 0.3) is 22.4 Å². The van der Waals surface area contributed by atoms with Crippen molar-refractivity contribution in [2.75, 3.05) is 32.2 Å². The molecule has 3 heterocycles. The van der Waals surface area contributed by atoms with Gasteiger partial charge in [0.05, 0.1) is 31.0 Å². The first-order valence-electron chi connectivity index (χ1n) is 11.0. The fourth-order valence-corrected chi connectivity index (χ4v) is 4.35. The summed E-state index contributed by atoms with van der Waals surface area (Å²) in [7, 11) is 1.49. The van der Waals surface area contributed by atoms with Crippen molar-refractivity contribution < 1.29 is 19.0 Å². The van der Waals surface area contributed by atoms with Crippen molar-refractivity contribution in [1.82, 2.24) is 15.3 Å². The second-order valence-corrected chi connectivity index (χ2v) is 8.16. The van der Waals surface area contributed by atoms with Gasteiger partial charge in [0.25, 0.3) is 0 Å². The lowest BCUT2D eigenvalue weighted by molar-refractivity contribution is -0.126. The van der Waals surface area contributed by atoms with Gasteiger partial charge in [0, 0.05) is 18.9 Å². The largest absolute Gasteiger partial charge is 0.375 e. The number of ether oxygens (including phenoxy) is 3. The van der Waals surface area contributed by atoms with E-state index in [1.54, 1.807) is 6.20 Å². The molecule has 2 aromatic carbocycles. The first-order valence-corrected chi connectivity index (χ1v) is 11.0. The van der Waals surface area contributed by atoms with E-state index in [0.29, 0.717) is 19.2 Å². The molecule has 0 aliphatic carbocycles. The zero-order chi connectivity index (χ0) is 22.6. The van der Waals surface area contributed by atoms with Crippen molar-refractivity contribution in [2.45, 2.75) is 24.3 Å². The van der Waals surface area contributed by atoms with Gasteiger partial charge in [-0.1, -0.05) is 54.6 Å². The Morgan fingerprint density at radius 2 is 1.61 bits per heavy atom. The number of rotatable bonds is 7. The zero-order valence-corrected chi connectivity index (χ0v) is 18.3. The van der Waals surface area contributed by atoms with Crippen LogP contribution in [0, 0.1) is 0 Å². The summed E-state index contributed by atoms with van der Waals surface area (Å²) < 4.78 is 16.7. The second kappa shape index (κ2) is 9.66. The lowest BCUT2D eigenvalue weighted by atomic mass is 10.0. The minimum Gasteiger partial charge on any atom is -0.375 e. The molecule has 2 N–H and O–H groups in total. The Kier molecular flexibility index (Phi) is 6.30. The van der Waals surface area contributed by atoms with E-state index >= 15 is 0 Å². The first-order chi connectivity index (χ1) is 16.2. The van der Waals surface area contributed by atoms with Crippen molar-refractivity contribution in [3.63, 3.8) is 0 Å². The fourth-order valence-electron chi connectivity index (χ4n) is 4.35. The normalized spacial score (nSPS) is 23.8. The number of hydrogen-bond donors (Lipinski definition) is 2. The molecule has 1 amide bonds. The van der Waals surface area contributed by atoms with Crippen molar-refractivity contribution in [3.8, 4) is 22.4 Å². The molecule has 2 aliphatic heterocycles. The van der Waals surface area contributed by atoms with E-state index in [0.717, 1.165) is 16.8 Å². The number of benzene rings is 2. The number of amides is 1. The minimum atomic E-state index is -0.211.